The maximum absolute atomic E-state index is 13.2. The van der Waals surface area contributed by atoms with Gasteiger partial charge in [0, 0.05) is 35.7 Å². The maximum atomic E-state index is 13.2. The van der Waals surface area contributed by atoms with Gasteiger partial charge in [-0.2, -0.15) is 0 Å². The molecule has 190 valence electrons. The Morgan fingerprint density at radius 1 is 1.00 bits per heavy atom. The summed E-state index contributed by atoms with van der Waals surface area (Å²) >= 11 is 6.35. The van der Waals surface area contributed by atoms with Crippen molar-refractivity contribution >= 4 is 23.7 Å². The monoisotopic (exact) mass is 518 g/mol. The first-order valence-electron chi connectivity index (χ1n) is 11.9. The van der Waals surface area contributed by atoms with E-state index in [1.807, 2.05) is 67.6 Å². The number of hydrogen-bond donors (Lipinski definition) is 1. The zero-order chi connectivity index (χ0) is 26.2. The van der Waals surface area contributed by atoms with Crippen molar-refractivity contribution in [1.82, 2.24) is 9.40 Å². The minimum Gasteiger partial charge on any atom is -0.493 e. The van der Waals surface area contributed by atoms with E-state index in [1.165, 1.54) is 0 Å². The highest BCUT2D eigenvalue weighted by molar-refractivity contribution is 6.24. The second kappa shape index (κ2) is 12.2. The molecular formula is C29H27ClN2O5. The Hall–Kier alpha value is -4.10. The van der Waals surface area contributed by atoms with Crippen molar-refractivity contribution in [1.29, 1.82) is 0 Å². The number of carbonyl (C=O) groups excluding carboxylic acids is 1. The number of aliphatic carboxylic acids is 1. The van der Waals surface area contributed by atoms with Crippen LogP contribution in [0.4, 0.5) is 0 Å². The second-order valence-corrected chi connectivity index (χ2v) is 8.92. The molecular weight excluding hydrogens is 492 g/mol. The van der Waals surface area contributed by atoms with Crippen molar-refractivity contribution in [2.75, 3.05) is 6.61 Å². The van der Waals surface area contributed by atoms with Crippen molar-refractivity contribution in [3.63, 3.8) is 0 Å². The van der Waals surface area contributed by atoms with Gasteiger partial charge in [-0.05, 0) is 48.7 Å². The molecule has 0 saturated heterocycles. The van der Waals surface area contributed by atoms with Crippen LogP contribution >= 0.6 is 11.8 Å². The number of carboxylic acid groups (broad SMARTS) is 1. The number of aromatic nitrogens is 1. The Morgan fingerprint density at radius 3 is 2.41 bits per heavy atom. The van der Waals surface area contributed by atoms with E-state index in [4.69, 9.17) is 26.0 Å². The molecule has 0 fully saturated rings. The minimum atomic E-state index is -0.941. The summed E-state index contributed by atoms with van der Waals surface area (Å²) in [5, 5.41) is 9.12. The van der Waals surface area contributed by atoms with Gasteiger partial charge in [-0.15, -0.1) is 0 Å². The van der Waals surface area contributed by atoms with Crippen molar-refractivity contribution < 1.29 is 23.8 Å². The first kappa shape index (κ1) is 26.0. The summed E-state index contributed by atoms with van der Waals surface area (Å²) in [6.45, 7) is 2.39. The van der Waals surface area contributed by atoms with Gasteiger partial charge in [0.1, 0.15) is 11.5 Å². The molecule has 1 heterocycles. The van der Waals surface area contributed by atoms with Gasteiger partial charge in [0.25, 0.3) is 5.91 Å². The normalized spacial score (nSPS) is 10.8. The Labute approximate surface area is 220 Å². The van der Waals surface area contributed by atoms with Gasteiger partial charge in [-0.3, -0.25) is 9.59 Å². The SMILES string of the molecule is Cc1oc(-c2ccccc2)nc1CCOc1ccc(CCC(=O)O)c(C(=O)N(Cl)Cc2ccccc2)c1. The molecule has 1 amide bonds. The molecule has 37 heavy (non-hydrogen) atoms. The second-order valence-electron chi connectivity index (χ2n) is 8.51. The van der Waals surface area contributed by atoms with Crippen LogP contribution in [0.15, 0.2) is 83.3 Å². The number of oxazole rings is 1. The smallest absolute Gasteiger partial charge is 0.303 e. The molecule has 0 radical (unpaired) electrons. The van der Waals surface area contributed by atoms with Crippen LogP contribution in [0.25, 0.3) is 11.5 Å². The van der Waals surface area contributed by atoms with E-state index >= 15 is 0 Å². The van der Waals surface area contributed by atoms with Crippen molar-refractivity contribution in [3.8, 4) is 17.2 Å². The molecule has 0 saturated carbocycles. The topological polar surface area (TPSA) is 92.9 Å². The molecule has 0 aliphatic rings. The Kier molecular flexibility index (Phi) is 8.59. The molecule has 3 aromatic carbocycles. The van der Waals surface area contributed by atoms with Crippen LogP contribution in [0.2, 0.25) is 0 Å². The van der Waals surface area contributed by atoms with E-state index in [9.17, 15) is 9.59 Å². The Bertz CT molecular complexity index is 1360. The summed E-state index contributed by atoms with van der Waals surface area (Å²) < 4.78 is 12.8. The molecule has 4 rings (SSSR count). The first-order valence-corrected chi connectivity index (χ1v) is 12.3. The quantitative estimate of drug-likeness (QED) is 0.242. The third-order valence-corrected chi connectivity index (χ3v) is 6.10. The molecule has 0 unspecified atom stereocenters. The number of hydrogen-bond acceptors (Lipinski definition) is 5. The standard InChI is InChI=1S/C29H27ClN2O5/c1-20-26(31-28(37-20)23-10-6-3-7-11-23)16-17-36-24-14-12-22(13-15-27(33)34)25(18-24)29(35)32(30)19-21-8-4-2-5-9-21/h2-12,14,18H,13,15-17,19H2,1H3,(H,33,34). The van der Waals surface area contributed by atoms with E-state index in [0.29, 0.717) is 35.8 Å². The van der Waals surface area contributed by atoms with Crippen molar-refractivity contribution in [3.05, 3.63) is 107 Å². The number of rotatable bonds is 11. The lowest BCUT2D eigenvalue weighted by Crippen LogP contribution is -2.22. The van der Waals surface area contributed by atoms with E-state index in [2.05, 4.69) is 4.98 Å². The zero-order valence-corrected chi connectivity index (χ0v) is 21.1. The lowest BCUT2D eigenvalue weighted by molar-refractivity contribution is -0.136. The number of benzene rings is 3. The number of halogens is 1. The van der Waals surface area contributed by atoms with Gasteiger partial charge in [0.15, 0.2) is 0 Å². The average Bonchev–Trinajstić information content (AvgIpc) is 3.28. The zero-order valence-electron chi connectivity index (χ0n) is 20.4. The number of carboxylic acids is 1. The van der Waals surface area contributed by atoms with E-state index < -0.39 is 11.9 Å². The molecule has 0 spiro atoms. The Balaban J connectivity index is 1.46. The summed E-state index contributed by atoms with van der Waals surface area (Å²) in [4.78, 5) is 28.9. The summed E-state index contributed by atoms with van der Waals surface area (Å²) in [7, 11) is 0. The van der Waals surface area contributed by atoms with Crippen molar-refractivity contribution in [2.45, 2.75) is 32.7 Å². The molecule has 0 bridgehead atoms. The summed E-state index contributed by atoms with van der Waals surface area (Å²) in [5.41, 5.74) is 3.48. The fourth-order valence-corrected chi connectivity index (χ4v) is 4.11. The molecule has 4 aromatic rings. The molecule has 0 aliphatic heterocycles. The largest absolute Gasteiger partial charge is 0.493 e. The average molecular weight is 519 g/mol. The van der Waals surface area contributed by atoms with E-state index in [0.717, 1.165) is 27.0 Å². The number of amides is 1. The molecule has 1 aromatic heterocycles. The minimum absolute atomic E-state index is 0.101. The van der Waals surface area contributed by atoms with Gasteiger partial charge in [0.05, 0.1) is 18.8 Å². The van der Waals surface area contributed by atoms with E-state index in [-0.39, 0.29) is 19.4 Å². The highest BCUT2D eigenvalue weighted by atomic mass is 35.5. The lowest BCUT2D eigenvalue weighted by Gasteiger charge is -2.17. The molecule has 1 N–H and O–H groups in total. The fraction of sp³-hybridized carbons (Fsp3) is 0.207. The highest BCUT2D eigenvalue weighted by Crippen LogP contribution is 2.25. The molecule has 0 aliphatic carbocycles. The first-order chi connectivity index (χ1) is 17.9. The van der Waals surface area contributed by atoms with Crippen LogP contribution < -0.4 is 4.74 Å². The summed E-state index contributed by atoms with van der Waals surface area (Å²) in [6, 6.07) is 24.1. The van der Waals surface area contributed by atoms with Gasteiger partial charge < -0.3 is 14.3 Å². The number of ether oxygens (including phenoxy) is 1. The van der Waals surface area contributed by atoms with Crippen LogP contribution in [0, 0.1) is 6.92 Å². The number of nitrogens with zero attached hydrogens (tertiary/aromatic N) is 2. The van der Waals surface area contributed by atoms with Crippen LogP contribution in [-0.4, -0.2) is 33.0 Å². The molecule has 0 atom stereocenters. The third kappa shape index (κ3) is 6.98. The molecule has 8 heteroatoms. The van der Waals surface area contributed by atoms with Gasteiger partial charge >= 0.3 is 5.97 Å². The predicted octanol–water partition coefficient (Wildman–Crippen LogP) is 6.08. The third-order valence-electron chi connectivity index (χ3n) is 5.83. The van der Waals surface area contributed by atoms with Gasteiger partial charge in [0.2, 0.25) is 5.89 Å². The molecule has 7 nitrogen and oxygen atoms in total. The fourth-order valence-electron chi connectivity index (χ4n) is 3.88. The number of carbonyl (C=O) groups is 2. The summed E-state index contributed by atoms with van der Waals surface area (Å²) in [5.74, 6) is 0.404. The van der Waals surface area contributed by atoms with Crippen LogP contribution in [-0.2, 0) is 24.2 Å². The van der Waals surface area contributed by atoms with Gasteiger partial charge in [-0.25, -0.2) is 9.40 Å². The lowest BCUT2D eigenvalue weighted by atomic mass is 10.0. The van der Waals surface area contributed by atoms with Crippen LogP contribution in [0.1, 0.15) is 39.4 Å². The summed E-state index contributed by atoms with van der Waals surface area (Å²) in [6.07, 6.45) is 0.617. The predicted molar refractivity (Wildman–Crippen MR) is 140 cm³/mol. The van der Waals surface area contributed by atoms with Crippen LogP contribution in [0.3, 0.4) is 0 Å². The van der Waals surface area contributed by atoms with E-state index in [1.54, 1.807) is 18.2 Å². The van der Waals surface area contributed by atoms with Gasteiger partial charge in [-0.1, -0.05) is 54.6 Å². The van der Waals surface area contributed by atoms with Crippen molar-refractivity contribution in [2.24, 2.45) is 0 Å². The maximum Gasteiger partial charge on any atom is 0.303 e. The number of aryl methyl sites for hydroxylation is 2. The highest BCUT2D eigenvalue weighted by Gasteiger charge is 2.20. The van der Waals surface area contributed by atoms with Crippen LogP contribution in [0.5, 0.6) is 5.75 Å². The Morgan fingerprint density at radius 2 is 1.70 bits per heavy atom.